The molecule has 0 aromatic heterocycles. The second-order valence-electron chi connectivity index (χ2n) is 8.61. The van der Waals surface area contributed by atoms with Gasteiger partial charge in [0.25, 0.3) is 0 Å². The topological polar surface area (TPSA) is 89.9 Å². The average Bonchev–Trinajstić information content (AvgIpc) is 2.80. The van der Waals surface area contributed by atoms with Gasteiger partial charge >= 0.3 is 17.9 Å². The number of carbonyl (C=O) groups excluding carboxylic acids is 2. The summed E-state index contributed by atoms with van der Waals surface area (Å²) in [5.74, 6) is -0.846. The van der Waals surface area contributed by atoms with Crippen molar-refractivity contribution in [2.24, 2.45) is 5.41 Å². The maximum Gasteiger partial charge on any atom is 0.334 e. The second kappa shape index (κ2) is 16.8. The van der Waals surface area contributed by atoms with E-state index < -0.39 is 17.4 Å². The number of rotatable bonds is 15. The molecule has 0 saturated carbocycles. The number of thiocarbonyl (C=S) groups is 1. The largest absolute Gasteiger partial charge is 0.481 e. The number of esters is 2. The number of hydrogen-bond donors (Lipinski definition) is 1. The number of hydrogen-bond acceptors (Lipinski definition) is 8. The van der Waals surface area contributed by atoms with Crippen molar-refractivity contribution in [1.29, 1.82) is 0 Å². The number of thioether (sulfide) groups is 2. The van der Waals surface area contributed by atoms with Gasteiger partial charge in [0.05, 0.1) is 18.6 Å². The Labute approximate surface area is 222 Å². The zero-order chi connectivity index (χ0) is 26.3. The molecule has 35 heavy (non-hydrogen) atoms. The number of unbranched alkanes of at least 4 members (excludes halogenated alkanes) is 3. The van der Waals surface area contributed by atoms with Gasteiger partial charge in [0, 0.05) is 5.57 Å². The van der Waals surface area contributed by atoms with Gasteiger partial charge in [-0.1, -0.05) is 61.2 Å². The third-order valence-electron chi connectivity index (χ3n) is 5.00. The predicted octanol–water partition coefficient (Wildman–Crippen LogP) is 6.38. The molecule has 0 bridgehead atoms. The number of carboxylic acid groups (broad SMARTS) is 1. The minimum absolute atomic E-state index is 0.0694. The normalized spacial score (nSPS) is 12.6. The molecule has 194 valence electrons. The van der Waals surface area contributed by atoms with E-state index in [0.717, 1.165) is 34.1 Å². The third-order valence-corrected chi connectivity index (χ3v) is 7.54. The molecule has 0 saturated heterocycles. The quantitative estimate of drug-likeness (QED) is 0.118. The van der Waals surface area contributed by atoms with Crippen LogP contribution < -0.4 is 0 Å². The van der Waals surface area contributed by atoms with E-state index in [-0.39, 0.29) is 24.2 Å². The van der Waals surface area contributed by atoms with Crippen LogP contribution in [0.15, 0.2) is 35.9 Å². The van der Waals surface area contributed by atoms with Gasteiger partial charge in [-0.25, -0.2) is 4.79 Å². The summed E-state index contributed by atoms with van der Waals surface area (Å²) in [5, 5.41) is 9.15. The monoisotopic (exact) mass is 540 g/mol. The highest BCUT2D eigenvalue weighted by atomic mass is 32.2. The van der Waals surface area contributed by atoms with E-state index in [1.807, 2.05) is 37.3 Å². The summed E-state index contributed by atoms with van der Waals surface area (Å²) in [6.45, 7) is 7.59. The van der Waals surface area contributed by atoms with Crippen LogP contribution in [-0.4, -0.2) is 50.8 Å². The SMILES string of the molecule is CCSC(=S)SC(C)C(=O)OCCCCCCOC(=O)/C(=C/c1ccccc1)CC(C)(C)C(=O)O. The molecule has 6 nitrogen and oxygen atoms in total. The Morgan fingerprint density at radius 2 is 1.66 bits per heavy atom. The minimum Gasteiger partial charge on any atom is -0.481 e. The Hall–Kier alpha value is -1.84. The Morgan fingerprint density at radius 3 is 2.23 bits per heavy atom. The predicted molar refractivity (Wildman–Crippen MR) is 149 cm³/mol. The van der Waals surface area contributed by atoms with Gasteiger partial charge in [0.2, 0.25) is 0 Å². The van der Waals surface area contributed by atoms with E-state index in [9.17, 15) is 19.5 Å². The lowest BCUT2D eigenvalue weighted by atomic mass is 9.85. The van der Waals surface area contributed by atoms with Crippen molar-refractivity contribution in [2.75, 3.05) is 19.0 Å². The fraction of sp³-hybridized carbons (Fsp3) is 0.538. The van der Waals surface area contributed by atoms with Gasteiger partial charge in [-0.3, -0.25) is 9.59 Å². The molecule has 1 rings (SSSR count). The first-order valence-corrected chi connectivity index (χ1v) is 14.0. The molecule has 1 N–H and O–H groups in total. The van der Waals surface area contributed by atoms with Crippen molar-refractivity contribution in [1.82, 2.24) is 0 Å². The Balaban J connectivity index is 2.39. The highest BCUT2D eigenvalue weighted by molar-refractivity contribution is 8.47. The number of benzene rings is 1. The molecule has 0 aliphatic heterocycles. The van der Waals surface area contributed by atoms with Crippen LogP contribution in [-0.2, 0) is 23.9 Å². The van der Waals surface area contributed by atoms with Gasteiger partial charge in [-0.15, -0.1) is 11.8 Å². The van der Waals surface area contributed by atoms with Crippen molar-refractivity contribution in [3.63, 3.8) is 0 Å². The first kappa shape index (κ1) is 31.2. The van der Waals surface area contributed by atoms with Crippen molar-refractivity contribution >= 4 is 63.3 Å². The smallest absolute Gasteiger partial charge is 0.334 e. The second-order valence-corrected chi connectivity index (χ2v) is 12.4. The van der Waals surface area contributed by atoms with Gasteiger partial charge in [-0.05, 0) is 70.3 Å². The molecule has 0 radical (unpaired) electrons. The van der Waals surface area contributed by atoms with Gasteiger partial charge in [-0.2, -0.15) is 0 Å². The van der Waals surface area contributed by atoms with Crippen molar-refractivity contribution in [3.05, 3.63) is 41.5 Å². The minimum atomic E-state index is -1.09. The zero-order valence-electron chi connectivity index (χ0n) is 20.9. The number of carbonyl (C=O) groups is 3. The standard InChI is InChI=1S/C26H36O6S3/c1-5-34-25(33)35-19(2)22(27)31-15-11-6-7-12-16-32-23(28)21(18-26(3,4)24(29)30)17-20-13-9-8-10-14-20/h8-10,13-14,17,19H,5-7,11-12,15-16,18H2,1-4H3,(H,29,30)/b21-17+. The van der Waals surface area contributed by atoms with Crippen LogP contribution in [0, 0.1) is 5.41 Å². The van der Waals surface area contributed by atoms with Crippen LogP contribution in [0.25, 0.3) is 6.08 Å². The molecule has 0 fully saturated rings. The van der Waals surface area contributed by atoms with Crippen LogP contribution in [0.5, 0.6) is 0 Å². The summed E-state index contributed by atoms with van der Waals surface area (Å²) in [5.41, 5.74) is 0.0560. The molecule has 1 aromatic rings. The van der Waals surface area contributed by atoms with E-state index in [1.54, 1.807) is 38.6 Å². The molecule has 1 unspecified atom stereocenters. The molecular formula is C26H36O6S3. The van der Waals surface area contributed by atoms with Crippen LogP contribution >= 0.6 is 35.7 Å². The Morgan fingerprint density at radius 1 is 1.06 bits per heavy atom. The molecule has 0 heterocycles. The maximum absolute atomic E-state index is 12.7. The fourth-order valence-corrected chi connectivity index (χ4v) is 5.47. The third kappa shape index (κ3) is 13.2. The number of aliphatic carboxylic acids is 1. The Bertz CT molecular complexity index is 867. The fourth-order valence-electron chi connectivity index (χ4n) is 2.93. The lowest BCUT2D eigenvalue weighted by Gasteiger charge is -2.20. The number of carboxylic acids is 1. The molecular weight excluding hydrogens is 504 g/mol. The van der Waals surface area contributed by atoms with Gasteiger partial charge in [0.1, 0.15) is 8.78 Å². The lowest BCUT2D eigenvalue weighted by Crippen LogP contribution is -2.26. The van der Waals surface area contributed by atoms with E-state index in [0.29, 0.717) is 18.6 Å². The molecule has 1 aromatic carbocycles. The summed E-state index contributed by atoms with van der Waals surface area (Å²) in [6.07, 6.45) is 4.83. The molecule has 0 aliphatic carbocycles. The maximum atomic E-state index is 12.7. The van der Waals surface area contributed by atoms with Crippen LogP contribution in [0.3, 0.4) is 0 Å². The van der Waals surface area contributed by atoms with Crippen LogP contribution in [0.2, 0.25) is 0 Å². The van der Waals surface area contributed by atoms with E-state index in [2.05, 4.69) is 0 Å². The van der Waals surface area contributed by atoms with Crippen LogP contribution in [0.1, 0.15) is 65.4 Å². The molecule has 1 atom stereocenters. The first-order valence-electron chi connectivity index (χ1n) is 11.7. The average molecular weight is 541 g/mol. The van der Waals surface area contributed by atoms with E-state index in [4.69, 9.17) is 21.7 Å². The van der Waals surface area contributed by atoms with Crippen molar-refractivity contribution in [2.45, 2.75) is 65.0 Å². The summed E-state index contributed by atoms with van der Waals surface area (Å²) < 4.78 is 11.5. The van der Waals surface area contributed by atoms with Crippen molar-refractivity contribution < 1.29 is 29.0 Å². The highest BCUT2D eigenvalue weighted by Gasteiger charge is 2.31. The van der Waals surface area contributed by atoms with Gasteiger partial charge < -0.3 is 14.6 Å². The Kier molecular flexibility index (Phi) is 14.9. The molecule has 9 heteroatoms. The van der Waals surface area contributed by atoms with E-state index in [1.165, 1.54) is 11.8 Å². The summed E-state index contributed by atoms with van der Waals surface area (Å²) >= 11 is 8.10. The molecule has 0 amide bonds. The molecule has 0 spiro atoms. The zero-order valence-corrected chi connectivity index (χ0v) is 23.4. The lowest BCUT2D eigenvalue weighted by molar-refractivity contribution is -0.147. The summed E-state index contributed by atoms with van der Waals surface area (Å²) in [4.78, 5) is 36.3. The van der Waals surface area contributed by atoms with Crippen LogP contribution in [0.4, 0.5) is 0 Å². The summed E-state index contributed by atoms with van der Waals surface area (Å²) in [7, 11) is 0. The number of ether oxygens (including phenoxy) is 2. The molecule has 0 aliphatic rings. The first-order chi connectivity index (χ1) is 16.6. The summed E-state index contributed by atoms with van der Waals surface area (Å²) in [6, 6.07) is 9.29. The van der Waals surface area contributed by atoms with Gasteiger partial charge in [0.15, 0.2) is 0 Å². The van der Waals surface area contributed by atoms with E-state index >= 15 is 0 Å². The highest BCUT2D eigenvalue weighted by Crippen LogP contribution is 2.28. The van der Waals surface area contributed by atoms with Crippen molar-refractivity contribution in [3.8, 4) is 0 Å².